The van der Waals surface area contributed by atoms with Crippen LogP contribution < -0.4 is 5.32 Å². The van der Waals surface area contributed by atoms with Gasteiger partial charge in [0.15, 0.2) is 0 Å². The highest BCUT2D eigenvalue weighted by Gasteiger charge is 2.23. The first-order valence-corrected chi connectivity index (χ1v) is 6.63. The average Bonchev–Trinajstić information content (AvgIpc) is 2.84. The lowest BCUT2D eigenvalue weighted by Crippen LogP contribution is -2.16. The van der Waals surface area contributed by atoms with E-state index in [0.717, 1.165) is 35.8 Å². The second-order valence-electron chi connectivity index (χ2n) is 4.42. The van der Waals surface area contributed by atoms with Crippen molar-refractivity contribution >= 4 is 16.7 Å². The van der Waals surface area contributed by atoms with Crippen molar-refractivity contribution in [3.05, 3.63) is 5.82 Å². The highest BCUT2D eigenvalue weighted by Crippen LogP contribution is 2.31. The van der Waals surface area contributed by atoms with Crippen LogP contribution in [-0.2, 0) is 6.42 Å². The fraction of sp³-hybridized carbons (Fsp3) is 0.818. The van der Waals surface area contributed by atoms with Crippen LogP contribution in [0.5, 0.6) is 0 Å². The summed E-state index contributed by atoms with van der Waals surface area (Å²) in [4.78, 5) is 4.41. The molecule has 1 heterocycles. The Morgan fingerprint density at radius 2 is 2.33 bits per heavy atom. The third-order valence-corrected chi connectivity index (χ3v) is 4.05. The largest absolute Gasteiger partial charge is 0.360 e. The van der Waals surface area contributed by atoms with E-state index in [0.29, 0.717) is 0 Å². The lowest BCUT2D eigenvalue weighted by Gasteiger charge is -2.14. The molecule has 3 nitrogen and oxygen atoms in total. The molecule has 2 atom stereocenters. The SMILES string of the molecule is CCc1nsc(NCC2CCCC2C)n1. The normalized spacial score (nSPS) is 25.7. The second kappa shape index (κ2) is 4.92. The standard InChI is InChI=1S/C11H19N3S/c1-3-10-13-11(15-14-10)12-7-9-6-4-5-8(9)2/h8-9H,3-7H2,1-2H3,(H,12,13,14). The minimum Gasteiger partial charge on any atom is -0.360 e. The molecule has 84 valence electrons. The molecule has 1 N–H and O–H groups in total. The number of anilines is 1. The van der Waals surface area contributed by atoms with Crippen LogP contribution in [0.15, 0.2) is 0 Å². The van der Waals surface area contributed by atoms with Gasteiger partial charge in [0, 0.05) is 24.5 Å². The predicted octanol–water partition coefficient (Wildman–Crippen LogP) is 2.95. The summed E-state index contributed by atoms with van der Waals surface area (Å²) in [5, 5.41) is 4.41. The quantitative estimate of drug-likeness (QED) is 0.856. The number of hydrogen-bond acceptors (Lipinski definition) is 4. The lowest BCUT2D eigenvalue weighted by atomic mass is 9.98. The van der Waals surface area contributed by atoms with E-state index in [1.807, 2.05) is 0 Å². The van der Waals surface area contributed by atoms with Crippen molar-refractivity contribution in [3.63, 3.8) is 0 Å². The lowest BCUT2D eigenvalue weighted by molar-refractivity contribution is 0.439. The Balaban J connectivity index is 1.82. The summed E-state index contributed by atoms with van der Waals surface area (Å²) in [5.74, 6) is 2.66. The maximum atomic E-state index is 4.41. The van der Waals surface area contributed by atoms with Gasteiger partial charge in [-0.2, -0.15) is 4.37 Å². The van der Waals surface area contributed by atoms with Crippen molar-refractivity contribution in [2.45, 2.75) is 39.5 Å². The van der Waals surface area contributed by atoms with Gasteiger partial charge >= 0.3 is 0 Å². The van der Waals surface area contributed by atoms with Gasteiger partial charge in [-0.1, -0.05) is 26.7 Å². The van der Waals surface area contributed by atoms with Gasteiger partial charge in [0.05, 0.1) is 0 Å². The summed E-state index contributed by atoms with van der Waals surface area (Å²) in [6, 6.07) is 0. The molecule has 0 aliphatic heterocycles. The van der Waals surface area contributed by atoms with Crippen molar-refractivity contribution in [2.75, 3.05) is 11.9 Å². The van der Waals surface area contributed by atoms with E-state index in [4.69, 9.17) is 0 Å². The fourth-order valence-corrected chi connectivity index (χ4v) is 2.87. The summed E-state index contributed by atoms with van der Waals surface area (Å²) < 4.78 is 4.27. The van der Waals surface area contributed by atoms with Gasteiger partial charge in [-0.15, -0.1) is 0 Å². The molecular formula is C11H19N3S. The Morgan fingerprint density at radius 3 is 2.93 bits per heavy atom. The van der Waals surface area contributed by atoms with Gasteiger partial charge in [-0.25, -0.2) is 4.98 Å². The van der Waals surface area contributed by atoms with Crippen molar-refractivity contribution in [2.24, 2.45) is 11.8 Å². The van der Waals surface area contributed by atoms with E-state index in [1.54, 1.807) is 0 Å². The van der Waals surface area contributed by atoms with Crippen LogP contribution in [-0.4, -0.2) is 15.9 Å². The van der Waals surface area contributed by atoms with Crippen molar-refractivity contribution in [1.82, 2.24) is 9.36 Å². The van der Waals surface area contributed by atoms with Gasteiger partial charge < -0.3 is 5.32 Å². The summed E-state index contributed by atoms with van der Waals surface area (Å²) in [6.45, 7) is 5.52. The zero-order valence-corrected chi connectivity index (χ0v) is 10.3. The molecule has 1 aromatic heterocycles. The highest BCUT2D eigenvalue weighted by molar-refractivity contribution is 7.09. The van der Waals surface area contributed by atoms with Crippen molar-refractivity contribution in [3.8, 4) is 0 Å². The van der Waals surface area contributed by atoms with E-state index < -0.39 is 0 Å². The summed E-state index contributed by atoms with van der Waals surface area (Å²) >= 11 is 1.49. The summed E-state index contributed by atoms with van der Waals surface area (Å²) in [6.07, 6.45) is 5.08. The summed E-state index contributed by atoms with van der Waals surface area (Å²) in [7, 11) is 0. The van der Waals surface area contributed by atoms with Crippen LogP contribution in [0.25, 0.3) is 0 Å². The first-order valence-electron chi connectivity index (χ1n) is 5.86. The van der Waals surface area contributed by atoms with Gasteiger partial charge in [0.2, 0.25) is 5.13 Å². The molecule has 1 saturated carbocycles. The van der Waals surface area contributed by atoms with E-state index in [-0.39, 0.29) is 0 Å². The molecule has 0 amide bonds. The molecule has 0 aromatic carbocycles. The molecule has 0 radical (unpaired) electrons. The minimum absolute atomic E-state index is 0.832. The number of nitrogens with one attached hydrogen (secondary N) is 1. The molecule has 2 rings (SSSR count). The van der Waals surface area contributed by atoms with Gasteiger partial charge in [-0.3, -0.25) is 0 Å². The monoisotopic (exact) mass is 225 g/mol. The van der Waals surface area contributed by atoms with E-state index in [9.17, 15) is 0 Å². The van der Waals surface area contributed by atoms with E-state index in [1.165, 1.54) is 30.8 Å². The van der Waals surface area contributed by atoms with Crippen molar-refractivity contribution < 1.29 is 0 Å². The maximum Gasteiger partial charge on any atom is 0.202 e. The Bertz CT molecular complexity index is 311. The van der Waals surface area contributed by atoms with E-state index in [2.05, 4.69) is 28.5 Å². The Morgan fingerprint density at radius 1 is 1.47 bits per heavy atom. The Kier molecular flexibility index (Phi) is 3.57. The number of nitrogens with zero attached hydrogens (tertiary/aromatic N) is 2. The number of aryl methyl sites for hydroxylation is 1. The van der Waals surface area contributed by atoms with Crippen molar-refractivity contribution in [1.29, 1.82) is 0 Å². The van der Waals surface area contributed by atoms with Crippen LogP contribution in [0.4, 0.5) is 5.13 Å². The molecule has 1 fully saturated rings. The fourth-order valence-electron chi connectivity index (χ4n) is 2.21. The molecule has 0 bridgehead atoms. The van der Waals surface area contributed by atoms with Crippen LogP contribution in [0.2, 0.25) is 0 Å². The molecule has 1 aromatic rings. The molecule has 4 heteroatoms. The van der Waals surface area contributed by atoms with Gasteiger partial charge in [0.1, 0.15) is 5.82 Å². The zero-order valence-electron chi connectivity index (χ0n) is 9.49. The smallest absolute Gasteiger partial charge is 0.202 e. The van der Waals surface area contributed by atoms with Crippen LogP contribution in [0.3, 0.4) is 0 Å². The topological polar surface area (TPSA) is 37.8 Å². The summed E-state index contributed by atoms with van der Waals surface area (Å²) in [5.41, 5.74) is 0. The molecular weight excluding hydrogens is 206 g/mol. The maximum absolute atomic E-state index is 4.41. The van der Waals surface area contributed by atoms with Crippen LogP contribution in [0.1, 0.15) is 38.9 Å². The average molecular weight is 225 g/mol. The van der Waals surface area contributed by atoms with Crippen LogP contribution >= 0.6 is 11.5 Å². The first kappa shape index (κ1) is 10.9. The van der Waals surface area contributed by atoms with Gasteiger partial charge in [-0.05, 0) is 18.3 Å². The van der Waals surface area contributed by atoms with Crippen LogP contribution in [0, 0.1) is 11.8 Å². The Labute approximate surface area is 95.5 Å². The van der Waals surface area contributed by atoms with Gasteiger partial charge in [0.25, 0.3) is 0 Å². The minimum atomic E-state index is 0.832. The molecule has 1 aliphatic rings. The first-order chi connectivity index (χ1) is 7.29. The number of aromatic nitrogens is 2. The zero-order chi connectivity index (χ0) is 10.7. The number of hydrogen-bond donors (Lipinski definition) is 1. The third kappa shape index (κ3) is 2.68. The second-order valence-corrected chi connectivity index (χ2v) is 5.17. The molecule has 0 spiro atoms. The molecule has 0 saturated heterocycles. The predicted molar refractivity (Wildman–Crippen MR) is 64.3 cm³/mol. The molecule has 2 unspecified atom stereocenters. The highest BCUT2D eigenvalue weighted by atomic mass is 32.1. The third-order valence-electron chi connectivity index (χ3n) is 3.34. The Hall–Kier alpha value is -0.640. The number of rotatable bonds is 4. The molecule has 1 aliphatic carbocycles. The molecule has 15 heavy (non-hydrogen) atoms. The van der Waals surface area contributed by atoms with E-state index >= 15 is 0 Å².